The van der Waals surface area contributed by atoms with Gasteiger partial charge in [-0.1, -0.05) is 6.42 Å². The molecule has 1 heterocycles. The van der Waals surface area contributed by atoms with E-state index in [0.29, 0.717) is 24.7 Å². The molecule has 0 radical (unpaired) electrons. The van der Waals surface area contributed by atoms with Crippen LogP contribution >= 0.6 is 0 Å². The predicted octanol–water partition coefficient (Wildman–Crippen LogP) is 2.06. The van der Waals surface area contributed by atoms with Crippen molar-refractivity contribution in [2.75, 3.05) is 18.5 Å². The Hall–Kier alpha value is -1.63. The van der Waals surface area contributed by atoms with Gasteiger partial charge in [-0.2, -0.15) is 0 Å². The Morgan fingerprint density at radius 1 is 1.16 bits per heavy atom. The van der Waals surface area contributed by atoms with Crippen LogP contribution in [0.5, 0.6) is 5.75 Å². The van der Waals surface area contributed by atoms with Crippen molar-refractivity contribution in [1.82, 2.24) is 0 Å². The van der Waals surface area contributed by atoms with Gasteiger partial charge in [-0.05, 0) is 62.3 Å². The number of hydrogen-bond donors (Lipinski definition) is 3. The number of aliphatic hydroxyl groups is 1. The van der Waals surface area contributed by atoms with E-state index in [1.807, 2.05) is 12.1 Å². The third kappa shape index (κ3) is 4.93. The minimum atomic E-state index is -0.516. The Morgan fingerprint density at radius 3 is 2.52 bits per heavy atom. The minimum Gasteiger partial charge on any atom is -0.488 e. The van der Waals surface area contributed by atoms with Gasteiger partial charge in [0, 0.05) is 18.9 Å². The number of hydrogen-bond acceptors (Lipinski definition) is 5. The molecular weight excluding hydrogens is 320 g/mol. The van der Waals surface area contributed by atoms with E-state index in [-0.39, 0.29) is 17.9 Å². The number of carbonyl (C=O) groups excluding carboxylic acids is 1. The first-order chi connectivity index (χ1) is 12.1. The van der Waals surface area contributed by atoms with Crippen molar-refractivity contribution in [2.45, 2.75) is 56.8 Å². The molecule has 3 unspecified atom stereocenters. The summed E-state index contributed by atoms with van der Waals surface area (Å²) in [5, 5.41) is 12.9. The molecule has 25 heavy (non-hydrogen) atoms. The minimum absolute atomic E-state index is 0.142. The van der Waals surface area contributed by atoms with Crippen molar-refractivity contribution in [1.29, 1.82) is 0 Å². The summed E-state index contributed by atoms with van der Waals surface area (Å²) < 4.78 is 11.2. The molecule has 3 rings (SSSR count). The molecule has 1 aliphatic carbocycles. The van der Waals surface area contributed by atoms with Crippen LogP contribution in [0.1, 0.15) is 38.5 Å². The fourth-order valence-electron chi connectivity index (χ4n) is 3.52. The average Bonchev–Trinajstić information content (AvgIpc) is 2.65. The first-order valence-electron chi connectivity index (χ1n) is 9.22. The van der Waals surface area contributed by atoms with Crippen molar-refractivity contribution < 1.29 is 19.4 Å². The number of amides is 1. The fraction of sp³-hybridized carbons (Fsp3) is 0.632. The second-order valence-corrected chi connectivity index (χ2v) is 7.00. The molecule has 0 spiro atoms. The van der Waals surface area contributed by atoms with Crippen LogP contribution in [0.25, 0.3) is 0 Å². The largest absolute Gasteiger partial charge is 0.488 e. The molecule has 6 heteroatoms. The summed E-state index contributed by atoms with van der Waals surface area (Å²) >= 11 is 0. The number of carbonyl (C=O) groups is 1. The molecule has 1 saturated heterocycles. The monoisotopic (exact) mass is 348 g/mol. The lowest BCUT2D eigenvalue weighted by Crippen LogP contribution is -2.44. The van der Waals surface area contributed by atoms with Gasteiger partial charge in [0.15, 0.2) is 0 Å². The van der Waals surface area contributed by atoms with Crippen LogP contribution in [0.4, 0.5) is 5.69 Å². The lowest BCUT2D eigenvalue weighted by Gasteiger charge is -2.28. The summed E-state index contributed by atoms with van der Waals surface area (Å²) in [5.74, 6) is 0.713. The lowest BCUT2D eigenvalue weighted by atomic mass is 9.92. The third-order valence-electron chi connectivity index (χ3n) is 5.15. The molecule has 2 aliphatic rings. The Bertz CT molecular complexity index is 557. The molecule has 6 nitrogen and oxygen atoms in total. The van der Waals surface area contributed by atoms with Crippen LogP contribution in [0.3, 0.4) is 0 Å². The smallest absolute Gasteiger partial charge is 0.241 e. The molecule has 138 valence electrons. The van der Waals surface area contributed by atoms with Gasteiger partial charge in [0.1, 0.15) is 11.9 Å². The van der Waals surface area contributed by atoms with Crippen LogP contribution in [0.15, 0.2) is 24.3 Å². The molecule has 2 fully saturated rings. The van der Waals surface area contributed by atoms with Crippen LogP contribution in [0.2, 0.25) is 0 Å². The average molecular weight is 348 g/mol. The second kappa shape index (κ2) is 8.65. The topological polar surface area (TPSA) is 93.8 Å². The number of anilines is 1. The zero-order valence-corrected chi connectivity index (χ0v) is 14.5. The highest BCUT2D eigenvalue weighted by atomic mass is 16.5. The van der Waals surface area contributed by atoms with Crippen LogP contribution < -0.4 is 15.8 Å². The summed E-state index contributed by atoms with van der Waals surface area (Å²) in [6.45, 7) is 1.34. The molecule has 1 aromatic carbocycles. The van der Waals surface area contributed by atoms with Gasteiger partial charge in [0.05, 0.1) is 12.1 Å². The highest BCUT2D eigenvalue weighted by Gasteiger charge is 2.27. The SMILES string of the molecule is NC(C(=O)Nc1ccc(OC2CCCCC2O)cc1)C1CCOCC1. The Morgan fingerprint density at radius 2 is 1.84 bits per heavy atom. The molecular formula is C19H28N2O4. The number of rotatable bonds is 5. The van der Waals surface area contributed by atoms with Crippen LogP contribution in [0, 0.1) is 5.92 Å². The van der Waals surface area contributed by atoms with Gasteiger partial charge in [-0.15, -0.1) is 0 Å². The van der Waals surface area contributed by atoms with E-state index >= 15 is 0 Å². The van der Waals surface area contributed by atoms with Crippen molar-refractivity contribution in [2.24, 2.45) is 11.7 Å². The first-order valence-corrected chi connectivity index (χ1v) is 9.22. The zero-order chi connectivity index (χ0) is 17.6. The summed E-state index contributed by atoms with van der Waals surface area (Å²) in [5.41, 5.74) is 6.79. The van der Waals surface area contributed by atoms with E-state index in [0.717, 1.165) is 38.5 Å². The molecule has 1 aromatic rings. The molecule has 4 N–H and O–H groups in total. The van der Waals surface area contributed by atoms with E-state index in [9.17, 15) is 9.90 Å². The van der Waals surface area contributed by atoms with Gasteiger partial charge in [-0.3, -0.25) is 4.79 Å². The fourth-order valence-corrected chi connectivity index (χ4v) is 3.52. The van der Waals surface area contributed by atoms with E-state index < -0.39 is 12.1 Å². The predicted molar refractivity (Wildman–Crippen MR) is 95.5 cm³/mol. The summed E-state index contributed by atoms with van der Waals surface area (Å²) in [4.78, 5) is 12.3. The molecule has 0 bridgehead atoms. The quantitative estimate of drug-likeness (QED) is 0.757. The van der Waals surface area contributed by atoms with E-state index in [1.165, 1.54) is 0 Å². The van der Waals surface area contributed by atoms with Gasteiger partial charge in [0.25, 0.3) is 0 Å². The third-order valence-corrected chi connectivity index (χ3v) is 5.15. The standard InChI is InChI=1S/C19H28N2O4/c20-18(13-9-11-24-12-10-13)19(23)21-14-5-7-15(8-6-14)25-17-4-2-1-3-16(17)22/h5-8,13,16-18,22H,1-4,9-12,20H2,(H,21,23). The van der Waals surface area contributed by atoms with Crippen molar-refractivity contribution in [3.8, 4) is 5.75 Å². The molecule has 1 amide bonds. The summed E-state index contributed by atoms with van der Waals surface area (Å²) in [6, 6.07) is 6.73. The number of ether oxygens (including phenoxy) is 2. The highest BCUT2D eigenvalue weighted by molar-refractivity contribution is 5.94. The highest BCUT2D eigenvalue weighted by Crippen LogP contribution is 2.25. The Labute approximate surface area is 148 Å². The number of benzene rings is 1. The molecule has 1 aliphatic heterocycles. The second-order valence-electron chi connectivity index (χ2n) is 7.00. The number of nitrogens with one attached hydrogen (secondary N) is 1. The van der Waals surface area contributed by atoms with Gasteiger partial charge in [0.2, 0.25) is 5.91 Å². The first kappa shape index (κ1) is 18.2. The Kier molecular flexibility index (Phi) is 6.29. The maximum atomic E-state index is 12.3. The molecule has 1 saturated carbocycles. The van der Waals surface area contributed by atoms with Crippen molar-refractivity contribution in [3.63, 3.8) is 0 Å². The lowest BCUT2D eigenvalue weighted by molar-refractivity contribution is -0.119. The zero-order valence-electron chi connectivity index (χ0n) is 14.5. The molecule has 3 atom stereocenters. The molecule has 0 aromatic heterocycles. The van der Waals surface area contributed by atoms with Gasteiger partial charge < -0.3 is 25.6 Å². The van der Waals surface area contributed by atoms with E-state index in [4.69, 9.17) is 15.2 Å². The normalized spacial score (nSPS) is 26.0. The Balaban J connectivity index is 1.52. The summed E-state index contributed by atoms with van der Waals surface area (Å²) in [6.07, 6.45) is 4.92. The van der Waals surface area contributed by atoms with Crippen molar-refractivity contribution in [3.05, 3.63) is 24.3 Å². The van der Waals surface area contributed by atoms with Crippen LogP contribution in [-0.4, -0.2) is 42.5 Å². The number of aliphatic hydroxyl groups excluding tert-OH is 1. The number of nitrogens with two attached hydrogens (primary N) is 1. The maximum Gasteiger partial charge on any atom is 0.241 e. The van der Waals surface area contributed by atoms with E-state index in [2.05, 4.69) is 5.32 Å². The van der Waals surface area contributed by atoms with E-state index in [1.54, 1.807) is 12.1 Å². The van der Waals surface area contributed by atoms with Gasteiger partial charge >= 0.3 is 0 Å². The maximum absolute atomic E-state index is 12.3. The van der Waals surface area contributed by atoms with Crippen molar-refractivity contribution >= 4 is 11.6 Å². The summed E-state index contributed by atoms with van der Waals surface area (Å²) in [7, 11) is 0. The van der Waals surface area contributed by atoms with Crippen LogP contribution in [-0.2, 0) is 9.53 Å². The van der Waals surface area contributed by atoms with Gasteiger partial charge in [-0.25, -0.2) is 0 Å².